The monoisotopic (exact) mass is 606 g/mol. The smallest absolute Gasteiger partial charge is 0.656 e. The molecule has 43 heavy (non-hydrogen) atoms. The number of hydrogen-bond donors (Lipinski definition) is 2. The Balaban J connectivity index is 0.00000235. The van der Waals surface area contributed by atoms with Crippen molar-refractivity contribution in [3.63, 3.8) is 0 Å². The molecule has 8 nitrogen and oxygen atoms in total. The third-order valence-corrected chi connectivity index (χ3v) is 12.1. The van der Waals surface area contributed by atoms with Crippen LogP contribution in [0, 0.1) is 23.7 Å². The number of carboxylic acids is 2. The molecule has 236 valence electrons. The number of nitrogens with zero attached hydrogens (tertiary/aromatic N) is 2. The Bertz CT molecular complexity index is 1110. The van der Waals surface area contributed by atoms with Gasteiger partial charge in [-0.1, -0.05) is 80.1 Å². The third-order valence-electron chi connectivity index (χ3n) is 12.1. The van der Waals surface area contributed by atoms with Crippen LogP contribution in [0.15, 0.2) is 22.3 Å². The number of fused-ring (bicyclic) bond motifs is 8. The minimum atomic E-state index is -1.00. The van der Waals surface area contributed by atoms with Gasteiger partial charge in [0.05, 0.1) is 0 Å². The van der Waals surface area contributed by atoms with Crippen molar-refractivity contribution in [3.8, 4) is 0 Å². The summed E-state index contributed by atoms with van der Waals surface area (Å²) < 4.78 is 0. The number of carbonyl (C=O) groups is 2. The number of nitrogens with one attached hydrogen (secondary N) is 2. The van der Waals surface area contributed by atoms with Gasteiger partial charge in [0.15, 0.2) is 0 Å². The van der Waals surface area contributed by atoms with Crippen molar-refractivity contribution in [1.29, 1.82) is 0 Å². The number of carbonyl (C=O) groups excluding carboxylic acids is 2. The van der Waals surface area contributed by atoms with Gasteiger partial charge in [0, 0.05) is 36.1 Å². The second kappa shape index (κ2) is 14.6. The maximum absolute atomic E-state index is 11.5. The van der Waals surface area contributed by atoms with Gasteiger partial charge in [0.2, 0.25) is 0 Å². The topological polar surface area (TPSA) is 133 Å². The van der Waals surface area contributed by atoms with E-state index in [0.717, 1.165) is 38.5 Å². The summed E-state index contributed by atoms with van der Waals surface area (Å²) in [6.45, 7) is 13.6. The predicted molar refractivity (Wildman–Crippen MR) is 170 cm³/mol. The van der Waals surface area contributed by atoms with E-state index >= 15 is 0 Å². The van der Waals surface area contributed by atoms with Crippen molar-refractivity contribution in [3.05, 3.63) is 32.9 Å². The van der Waals surface area contributed by atoms with E-state index in [4.69, 9.17) is 10.6 Å². The summed E-state index contributed by atoms with van der Waals surface area (Å²) in [5.41, 5.74) is 6.00. The maximum Gasteiger partial charge on any atom is 2.00 e. The zero-order valence-electron chi connectivity index (χ0n) is 29.2. The molecule has 0 aromatic heterocycles. The van der Waals surface area contributed by atoms with Crippen molar-refractivity contribution in [2.45, 2.75) is 154 Å². The molecule has 2 N–H and O–H groups in total. The Labute approximate surface area is 278 Å². The van der Waals surface area contributed by atoms with Crippen LogP contribution in [0.3, 0.4) is 0 Å². The average molecular weight is 607 g/mol. The summed E-state index contributed by atoms with van der Waals surface area (Å²) in [7, 11) is 0. The first-order valence-electron chi connectivity index (χ1n) is 16.7. The van der Waals surface area contributed by atoms with Crippen molar-refractivity contribution in [2.24, 2.45) is 23.7 Å². The van der Waals surface area contributed by atoms with Gasteiger partial charge in [-0.15, -0.1) is 24.2 Å². The molecule has 0 aromatic carbocycles. The number of rotatable bonds is 8. The molecule has 0 aromatic rings. The Kier molecular flexibility index (Phi) is 11.9. The largest absolute Gasteiger partial charge is 2.00 e. The van der Waals surface area contributed by atoms with Gasteiger partial charge in [-0.2, -0.15) is 0 Å². The normalized spacial score (nSPS) is 41.1. The molecule has 12 atom stereocenters. The van der Waals surface area contributed by atoms with Gasteiger partial charge in [0.25, 0.3) is 0 Å². The van der Waals surface area contributed by atoms with Crippen LogP contribution in [-0.4, -0.2) is 83.3 Å². The van der Waals surface area contributed by atoms with E-state index in [1.54, 1.807) is 0 Å². The van der Waals surface area contributed by atoms with Crippen LogP contribution >= 0.6 is 0 Å². The second-order valence-corrected chi connectivity index (χ2v) is 14.0. The number of aliphatic carboxylic acids is 2. The molecule has 3 fully saturated rings. The quantitative estimate of drug-likeness (QED) is 0.322. The molecule has 5 aliphatic heterocycles. The first-order valence-corrected chi connectivity index (χ1v) is 16.7. The van der Waals surface area contributed by atoms with Crippen LogP contribution in [0.25, 0.3) is 10.6 Å². The molecule has 0 radical (unpaired) electrons. The van der Waals surface area contributed by atoms with Crippen LogP contribution in [0.4, 0.5) is 0 Å². The van der Waals surface area contributed by atoms with Gasteiger partial charge in [0.1, 0.15) is 0 Å². The minimum Gasteiger partial charge on any atom is -0.656 e. The van der Waals surface area contributed by atoms with E-state index in [-0.39, 0.29) is 98.7 Å². The standard InChI is InChI=1S/C34H54N4O4.Mg/c1-7-21-17(3)25-13-26-19(5)23(9-11-33(39)40)31(37-26)16-32-24(10-12-34(41)42)20(6)28(38-32)15-30-22(8-2)18(4)27(36-30)14-29(21)35-25;/h19-20,23-32,35-36H,7-16H2,1-6H3,(H,39,40)(H,41,42);/q-2;+2. The van der Waals surface area contributed by atoms with Crippen LogP contribution in [0.1, 0.15) is 109 Å². The first kappa shape index (κ1) is 34.9. The van der Waals surface area contributed by atoms with Crippen LogP contribution < -0.4 is 20.8 Å². The minimum absolute atomic E-state index is 0. The van der Waals surface area contributed by atoms with Gasteiger partial charge < -0.3 is 41.1 Å². The third kappa shape index (κ3) is 7.22. The first-order chi connectivity index (χ1) is 20.0. The van der Waals surface area contributed by atoms with Gasteiger partial charge in [-0.3, -0.25) is 0 Å². The van der Waals surface area contributed by atoms with E-state index in [1.165, 1.54) is 22.3 Å². The van der Waals surface area contributed by atoms with E-state index < -0.39 is 11.9 Å². The Morgan fingerprint density at radius 2 is 1.09 bits per heavy atom. The number of hydrogen-bond acceptors (Lipinski definition) is 6. The molecule has 0 saturated carbocycles. The van der Waals surface area contributed by atoms with Crippen molar-refractivity contribution in [1.82, 2.24) is 10.6 Å². The van der Waals surface area contributed by atoms with Crippen molar-refractivity contribution < 1.29 is 22.7 Å². The summed E-state index contributed by atoms with van der Waals surface area (Å²) in [6, 6.07) is 1.59. The number of carboxylic acid groups (broad SMARTS) is 2. The summed E-state index contributed by atoms with van der Waals surface area (Å²) in [4.78, 5) is 23.0. The molecule has 0 amide bonds. The van der Waals surface area contributed by atoms with Gasteiger partial charge >= 0.3 is 25.9 Å². The van der Waals surface area contributed by atoms with E-state index in [1.807, 2.05) is 0 Å². The van der Waals surface area contributed by atoms with Gasteiger partial charge in [-0.25, -0.2) is 0 Å². The average Bonchev–Trinajstić information content (AvgIpc) is 3.59. The van der Waals surface area contributed by atoms with Crippen molar-refractivity contribution in [2.75, 3.05) is 0 Å². The Hall–Kier alpha value is -0.974. The van der Waals surface area contributed by atoms with Crippen molar-refractivity contribution >= 4 is 35.0 Å². The summed E-state index contributed by atoms with van der Waals surface area (Å²) in [6.07, 6.45) is 6.95. The zero-order chi connectivity index (χ0) is 30.3. The molecule has 5 aliphatic rings. The van der Waals surface area contributed by atoms with E-state index in [2.05, 4.69) is 52.2 Å². The summed E-state index contributed by atoms with van der Waals surface area (Å²) >= 11 is 0. The fraction of sp³-hybridized carbons (Fsp3) is 0.824. The SMILES string of the molecule is CCC1=C(C)C2CC3[N-]C(CC4[N-]C(CC5NC(CC1N2)C(C)=C5CC)C(C)C4CCC(=O)[O-])C(CCC(=O)[O-])C3C.[H+].[H+].[Mg+2]. The van der Waals surface area contributed by atoms with E-state index in [0.29, 0.717) is 24.9 Å². The molecule has 0 aliphatic carbocycles. The van der Waals surface area contributed by atoms with Crippen LogP contribution in [0.5, 0.6) is 0 Å². The van der Waals surface area contributed by atoms with Gasteiger partial charge in [-0.05, 0) is 71.6 Å². The van der Waals surface area contributed by atoms with Crippen LogP contribution in [-0.2, 0) is 9.59 Å². The Morgan fingerprint density at radius 3 is 1.51 bits per heavy atom. The molecule has 0 spiro atoms. The molecule has 8 bridgehead atoms. The molecule has 5 heterocycles. The molecule has 3 saturated heterocycles. The predicted octanol–water partition coefficient (Wildman–Crippen LogP) is 3.35. The van der Waals surface area contributed by atoms with Crippen LogP contribution in [0.2, 0.25) is 0 Å². The zero-order valence-corrected chi connectivity index (χ0v) is 28.6. The fourth-order valence-corrected chi connectivity index (χ4v) is 9.62. The molecular formula is C34H54MgN4O4. The molecule has 5 rings (SSSR count). The molecule has 12 unspecified atom stereocenters. The summed E-state index contributed by atoms with van der Waals surface area (Å²) in [5.74, 6) is -1.13. The fourth-order valence-electron chi connectivity index (χ4n) is 9.62. The van der Waals surface area contributed by atoms with E-state index in [9.17, 15) is 19.8 Å². The summed E-state index contributed by atoms with van der Waals surface area (Å²) in [5, 5.41) is 41.9. The maximum atomic E-state index is 11.5. The molecule has 9 heteroatoms. The second-order valence-electron chi connectivity index (χ2n) is 14.0. The Morgan fingerprint density at radius 1 is 0.698 bits per heavy atom. The molecular weight excluding hydrogens is 553 g/mol.